The zero-order valence-corrected chi connectivity index (χ0v) is 14.8. The summed E-state index contributed by atoms with van der Waals surface area (Å²) in [6, 6.07) is 14.6. The fourth-order valence-electron chi connectivity index (χ4n) is 2.68. The normalized spacial score (nSPS) is 15.2. The van der Waals surface area contributed by atoms with Crippen LogP contribution in [0.2, 0.25) is 0 Å². The van der Waals surface area contributed by atoms with Crippen molar-refractivity contribution in [3.63, 3.8) is 0 Å². The molecule has 2 N–H and O–H groups in total. The molecule has 0 atom stereocenters. The lowest BCUT2D eigenvalue weighted by molar-refractivity contribution is -0.143. The fraction of sp³-hybridized carbons (Fsp3) is 0.263. The molecule has 136 valence electrons. The second-order valence-electron chi connectivity index (χ2n) is 6.54. The summed E-state index contributed by atoms with van der Waals surface area (Å²) in [7, 11) is -3.59. The highest BCUT2D eigenvalue weighted by Crippen LogP contribution is 2.45. The molecule has 0 spiro atoms. The number of hydrogen-bond acceptors (Lipinski definition) is 4. The summed E-state index contributed by atoms with van der Waals surface area (Å²) in [4.78, 5) is 23.5. The maximum absolute atomic E-state index is 12.6. The van der Waals surface area contributed by atoms with E-state index in [0.29, 0.717) is 18.4 Å². The van der Waals surface area contributed by atoms with E-state index in [4.69, 9.17) is 5.11 Å². The molecule has 1 saturated carbocycles. The number of amides is 1. The van der Waals surface area contributed by atoms with Gasteiger partial charge in [0.1, 0.15) is 0 Å². The van der Waals surface area contributed by atoms with Crippen LogP contribution in [0.25, 0.3) is 0 Å². The molecule has 0 radical (unpaired) electrons. The molecule has 2 aromatic rings. The summed E-state index contributed by atoms with van der Waals surface area (Å²) in [6.07, 6.45) is 1.07. The zero-order valence-electron chi connectivity index (χ0n) is 14.0. The number of carbonyl (C=O) groups excluding carboxylic acids is 1. The van der Waals surface area contributed by atoms with Gasteiger partial charge in [-0.3, -0.25) is 9.59 Å². The summed E-state index contributed by atoms with van der Waals surface area (Å²) in [6.45, 7) is 0.0438. The summed E-state index contributed by atoms with van der Waals surface area (Å²) >= 11 is 0. The van der Waals surface area contributed by atoms with Crippen LogP contribution >= 0.6 is 0 Å². The lowest BCUT2D eigenvalue weighted by Crippen LogP contribution is -2.34. The van der Waals surface area contributed by atoms with Crippen molar-refractivity contribution in [3.8, 4) is 0 Å². The van der Waals surface area contributed by atoms with E-state index in [9.17, 15) is 18.0 Å². The standard InChI is InChI=1S/C19H19NO5S/c21-17(20-13-19(9-10-19)18(22)23)15-7-4-8-16(11-15)26(24,25)12-14-5-2-1-3-6-14/h1-8,11H,9-10,12-13H2,(H,20,21)(H,22,23). The second kappa shape index (κ2) is 6.92. The first kappa shape index (κ1) is 18.1. The van der Waals surface area contributed by atoms with Crippen molar-refractivity contribution in [3.05, 3.63) is 65.7 Å². The van der Waals surface area contributed by atoms with Crippen molar-refractivity contribution < 1.29 is 23.1 Å². The van der Waals surface area contributed by atoms with E-state index >= 15 is 0 Å². The SMILES string of the molecule is O=C(NCC1(C(=O)O)CC1)c1cccc(S(=O)(=O)Cc2ccccc2)c1. The quantitative estimate of drug-likeness (QED) is 0.775. The van der Waals surface area contributed by atoms with Crippen LogP contribution in [0.3, 0.4) is 0 Å². The van der Waals surface area contributed by atoms with E-state index < -0.39 is 27.1 Å². The maximum atomic E-state index is 12.6. The van der Waals surface area contributed by atoms with Crippen LogP contribution in [0.1, 0.15) is 28.8 Å². The Balaban J connectivity index is 1.73. The minimum Gasteiger partial charge on any atom is -0.481 e. The molecule has 1 amide bonds. The average molecular weight is 373 g/mol. The van der Waals surface area contributed by atoms with E-state index in [2.05, 4.69) is 5.32 Å². The Labute approximate surface area is 151 Å². The highest BCUT2D eigenvalue weighted by atomic mass is 32.2. The number of nitrogens with one attached hydrogen (secondary N) is 1. The van der Waals surface area contributed by atoms with Crippen molar-refractivity contribution >= 4 is 21.7 Å². The molecule has 0 heterocycles. The molecule has 0 saturated heterocycles. The van der Waals surface area contributed by atoms with Crippen molar-refractivity contribution in [1.29, 1.82) is 0 Å². The minimum absolute atomic E-state index is 0.0438. The summed E-state index contributed by atoms with van der Waals surface area (Å²) in [5.41, 5.74) is -0.00746. The fourth-order valence-corrected chi connectivity index (χ4v) is 4.07. The van der Waals surface area contributed by atoms with E-state index in [1.165, 1.54) is 24.3 Å². The number of sulfone groups is 1. The summed E-state index contributed by atoms with van der Waals surface area (Å²) in [5, 5.41) is 11.7. The lowest BCUT2D eigenvalue weighted by Gasteiger charge is -2.12. The van der Waals surface area contributed by atoms with Crippen LogP contribution in [0.4, 0.5) is 0 Å². The van der Waals surface area contributed by atoms with E-state index in [0.717, 1.165) is 0 Å². The molecular weight excluding hydrogens is 354 g/mol. The first-order valence-corrected chi connectivity index (χ1v) is 9.86. The average Bonchev–Trinajstić information content (AvgIpc) is 3.42. The molecule has 7 heteroatoms. The van der Waals surface area contributed by atoms with Crippen LogP contribution in [0.15, 0.2) is 59.5 Å². The minimum atomic E-state index is -3.59. The predicted molar refractivity (Wildman–Crippen MR) is 95.4 cm³/mol. The lowest BCUT2D eigenvalue weighted by atomic mass is 10.1. The molecular formula is C19H19NO5S. The number of carbonyl (C=O) groups is 2. The van der Waals surface area contributed by atoms with Gasteiger partial charge in [0.15, 0.2) is 9.84 Å². The first-order chi connectivity index (χ1) is 12.3. The summed E-state index contributed by atoms with van der Waals surface area (Å²) in [5.74, 6) is -1.55. The third kappa shape index (κ3) is 3.94. The second-order valence-corrected chi connectivity index (χ2v) is 8.53. The number of carboxylic acids is 1. The third-order valence-corrected chi connectivity index (χ3v) is 6.23. The topological polar surface area (TPSA) is 101 Å². The number of carboxylic acid groups (broad SMARTS) is 1. The van der Waals surface area contributed by atoms with E-state index in [1.54, 1.807) is 24.3 Å². The molecule has 1 fully saturated rings. The Morgan fingerprint density at radius 2 is 1.73 bits per heavy atom. The maximum Gasteiger partial charge on any atom is 0.311 e. The molecule has 0 aromatic heterocycles. The Bertz CT molecular complexity index is 933. The van der Waals surface area contributed by atoms with E-state index in [-0.39, 0.29) is 22.8 Å². The van der Waals surface area contributed by atoms with Gasteiger partial charge < -0.3 is 10.4 Å². The van der Waals surface area contributed by atoms with Gasteiger partial charge in [-0.2, -0.15) is 0 Å². The highest BCUT2D eigenvalue weighted by Gasteiger charge is 2.50. The Morgan fingerprint density at radius 1 is 1.04 bits per heavy atom. The largest absolute Gasteiger partial charge is 0.481 e. The van der Waals surface area contributed by atoms with Crippen LogP contribution in [0, 0.1) is 5.41 Å². The van der Waals surface area contributed by atoms with Crippen LogP contribution in [-0.2, 0) is 20.4 Å². The van der Waals surface area contributed by atoms with Gasteiger partial charge in [-0.15, -0.1) is 0 Å². The molecule has 0 unspecified atom stereocenters. The van der Waals surface area contributed by atoms with Crippen LogP contribution in [-0.4, -0.2) is 31.9 Å². The number of rotatable bonds is 7. The Kier molecular flexibility index (Phi) is 4.82. The van der Waals surface area contributed by atoms with Gasteiger partial charge in [-0.25, -0.2) is 8.42 Å². The van der Waals surface area contributed by atoms with Crippen molar-refractivity contribution in [1.82, 2.24) is 5.32 Å². The number of benzene rings is 2. The molecule has 26 heavy (non-hydrogen) atoms. The van der Waals surface area contributed by atoms with Gasteiger partial charge in [0.2, 0.25) is 0 Å². The smallest absolute Gasteiger partial charge is 0.311 e. The highest BCUT2D eigenvalue weighted by molar-refractivity contribution is 7.90. The predicted octanol–water partition coefficient (Wildman–Crippen LogP) is 2.26. The molecule has 3 rings (SSSR count). The molecule has 1 aliphatic carbocycles. The van der Waals surface area contributed by atoms with Gasteiger partial charge in [0.25, 0.3) is 5.91 Å². The molecule has 1 aliphatic rings. The van der Waals surface area contributed by atoms with Crippen molar-refractivity contribution in [2.45, 2.75) is 23.5 Å². The summed E-state index contributed by atoms with van der Waals surface area (Å²) < 4.78 is 25.2. The van der Waals surface area contributed by atoms with Crippen molar-refractivity contribution in [2.24, 2.45) is 5.41 Å². The number of aliphatic carboxylic acids is 1. The van der Waals surface area contributed by atoms with Gasteiger partial charge in [-0.05, 0) is 36.6 Å². The van der Waals surface area contributed by atoms with Gasteiger partial charge in [-0.1, -0.05) is 36.4 Å². The third-order valence-electron chi connectivity index (χ3n) is 4.55. The van der Waals surface area contributed by atoms with E-state index in [1.807, 2.05) is 6.07 Å². The molecule has 6 nitrogen and oxygen atoms in total. The van der Waals surface area contributed by atoms with Gasteiger partial charge in [0.05, 0.1) is 16.1 Å². The zero-order chi connectivity index (χ0) is 18.8. The Hall–Kier alpha value is -2.67. The Morgan fingerprint density at radius 3 is 2.35 bits per heavy atom. The first-order valence-electron chi connectivity index (χ1n) is 8.21. The molecule has 2 aromatic carbocycles. The molecule has 0 aliphatic heterocycles. The van der Waals surface area contributed by atoms with Crippen molar-refractivity contribution in [2.75, 3.05) is 6.54 Å². The van der Waals surface area contributed by atoms with Crippen LogP contribution < -0.4 is 5.32 Å². The monoisotopic (exact) mass is 373 g/mol. The molecule has 0 bridgehead atoms. The van der Waals surface area contributed by atoms with Gasteiger partial charge >= 0.3 is 5.97 Å². The number of hydrogen-bond donors (Lipinski definition) is 2. The van der Waals surface area contributed by atoms with Gasteiger partial charge in [0, 0.05) is 12.1 Å². The van der Waals surface area contributed by atoms with Crippen LogP contribution in [0.5, 0.6) is 0 Å².